The summed E-state index contributed by atoms with van der Waals surface area (Å²) in [5, 5.41) is 4.27. The van der Waals surface area contributed by atoms with Crippen molar-refractivity contribution in [2.45, 2.75) is 51.3 Å². The zero-order valence-electron chi connectivity index (χ0n) is 12.0. The summed E-state index contributed by atoms with van der Waals surface area (Å²) in [5.74, 6) is 3.49. The van der Waals surface area contributed by atoms with Gasteiger partial charge in [0, 0.05) is 17.4 Å². The average molecular weight is 281 g/mol. The maximum Gasteiger partial charge on any atom is 0.218 e. The Balaban J connectivity index is 2.05. The minimum Gasteiger partial charge on any atom is -0.478 e. The molecule has 1 fully saturated rings. The van der Waals surface area contributed by atoms with E-state index in [1.807, 2.05) is 31.7 Å². The molecule has 1 heterocycles. The Morgan fingerprint density at radius 1 is 1.37 bits per heavy atom. The molecule has 1 aliphatic rings. The number of hydrogen-bond acceptors (Lipinski definition) is 5. The average Bonchev–Trinajstić information content (AvgIpc) is 2.77. The Hall–Kier alpha value is -0.970. The van der Waals surface area contributed by atoms with Crippen molar-refractivity contribution in [2.24, 2.45) is 0 Å². The summed E-state index contributed by atoms with van der Waals surface area (Å²) in [6, 6.07) is 2.43. The molecule has 19 heavy (non-hydrogen) atoms. The number of aryl methyl sites for hydroxylation is 1. The maximum atomic E-state index is 5.47. The number of thioether (sulfide) groups is 1. The highest BCUT2D eigenvalue weighted by Gasteiger charge is 2.27. The zero-order valence-corrected chi connectivity index (χ0v) is 12.8. The summed E-state index contributed by atoms with van der Waals surface area (Å²) >= 11 is 2.05. The molecule has 1 aliphatic carbocycles. The molecule has 0 radical (unpaired) electrons. The number of rotatable bonds is 6. The number of aromatic nitrogens is 2. The standard InChI is InChI=1S/C14H23N3OS/c1-4-18-14-9-13(15-10(3)16-14)17-11-7-6-8-12(11)19-5-2/h9,11-12H,4-8H2,1-3H3,(H,15,16,17). The topological polar surface area (TPSA) is 47.0 Å². The normalized spacial score (nSPS) is 22.5. The van der Waals surface area contributed by atoms with E-state index < -0.39 is 0 Å². The molecule has 2 rings (SSSR count). The summed E-state index contributed by atoms with van der Waals surface area (Å²) in [6.45, 7) is 6.73. The van der Waals surface area contributed by atoms with Crippen LogP contribution < -0.4 is 10.1 Å². The molecule has 0 bridgehead atoms. The van der Waals surface area contributed by atoms with Gasteiger partial charge in [0.1, 0.15) is 11.6 Å². The molecule has 1 saturated carbocycles. The van der Waals surface area contributed by atoms with Crippen LogP contribution in [0.3, 0.4) is 0 Å². The summed E-state index contributed by atoms with van der Waals surface area (Å²) in [6.07, 6.45) is 3.83. The Kier molecular flexibility index (Phi) is 5.31. The van der Waals surface area contributed by atoms with Gasteiger partial charge in [0.05, 0.1) is 6.61 Å². The minimum atomic E-state index is 0.522. The molecule has 1 aromatic rings. The van der Waals surface area contributed by atoms with Gasteiger partial charge in [-0.1, -0.05) is 13.3 Å². The predicted molar refractivity (Wildman–Crippen MR) is 81.1 cm³/mol. The number of hydrogen-bond donors (Lipinski definition) is 1. The molecule has 1 N–H and O–H groups in total. The summed E-state index contributed by atoms with van der Waals surface area (Å²) in [7, 11) is 0. The summed E-state index contributed by atoms with van der Waals surface area (Å²) in [4.78, 5) is 8.74. The van der Waals surface area contributed by atoms with Gasteiger partial charge < -0.3 is 10.1 Å². The summed E-state index contributed by atoms with van der Waals surface area (Å²) < 4.78 is 5.47. The van der Waals surface area contributed by atoms with Crippen LogP contribution in [0.5, 0.6) is 5.88 Å². The van der Waals surface area contributed by atoms with Gasteiger partial charge in [0.2, 0.25) is 5.88 Å². The smallest absolute Gasteiger partial charge is 0.218 e. The fraction of sp³-hybridized carbons (Fsp3) is 0.714. The van der Waals surface area contributed by atoms with Crippen LogP contribution in [0.1, 0.15) is 38.9 Å². The lowest BCUT2D eigenvalue weighted by atomic mass is 10.2. The summed E-state index contributed by atoms with van der Waals surface area (Å²) in [5.41, 5.74) is 0. The molecule has 0 spiro atoms. The van der Waals surface area contributed by atoms with Crippen LogP contribution in [0.4, 0.5) is 5.82 Å². The fourth-order valence-corrected chi connectivity index (χ4v) is 3.73. The lowest BCUT2D eigenvalue weighted by Gasteiger charge is -2.21. The first-order valence-electron chi connectivity index (χ1n) is 7.09. The van der Waals surface area contributed by atoms with Crippen LogP contribution in [-0.4, -0.2) is 33.6 Å². The predicted octanol–water partition coefficient (Wildman–Crippen LogP) is 3.27. The van der Waals surface area contributed by atoms with Crippen molar-refractivity contribution in [1.82, 2.24) is 9.97 Å². The number of nitrogens with zero attached hydrogens (tertiary/aromatic N) is 2. The second-order valence-corrected chi connectivity index (χ2v) is 6.26. The highest BCUT2D eigenvalue weighted by molar-refractivity contribution is 7.99. The molecule has 106 valence electrons. The SMILES string of the molecule is CCOc1cc(NC2CCCC2SCC)nc(C)n1. The van der Waals surface area contributed by atoms with E-state index in [4.69, 9.17) is 4.74 Å². The third-order valence-electron chi connectivity index (χ3n) is 3.27. The third kappa shape index (κ3) is 4.00. The third-order valence-corrected chi connectivity index (χ3v) is 4.60. The second-order valence-electron chi connectivity index (χ2n) is 4.75. The molecule has 0 aliphatic heterocycles. The van der Waals surface area contributed by atoms with Crippen LogP contribution in [0.25, 0.3) is 0 Å². The van der Waals surface area contributed by atoms with E-state index in [1.165, 1.54) is 25.0 Å². The van der Waals surface area contributed by atoms with E-state index >= 15 is 0 Å². The second kappa shape index (κ2) is 6.98. The van der Waals surface area contributed by atoms with Gasteiger partial charge in [0.15, 0.2) is 0 Å². The van der Waals surface area contributed by atoms with Crippen molar-refractivity contribution in [2.75, 3.05) is 17.7 Å². The van der Waals surface area contributed by atoms with Gasteiger partial charge in [-0.3, -0.25) is 0 Å². The van der Waals surface area contributed by atoms with Crippen molar-refractivity contribution < 1.29 is 4.74 Å². The van der Waals surface area contributed by atoms with Gasteiger partial charge in [0.25, 0.3) is 0 Å². The number of ether oxygens (including phenoxy) is 1. The van der Waals surface area contributed by atoms with E-state index in [9.17, 15) is 0 Å². The Morgan fingerprint density at radius 2 is 2.21 bits per heavy atom. The van der Waals surface area contributed by atoms with Crippen molar-refractivity contribution in [3.05, 3.63) is 11.9 Å². The van der Waals surface area contributed by atoms with Crippen LogP contribution in [-0.2, 0) is 0 Å². The number of nitrogens with one attached hydrogen (secondary N) is 1. The van der Waals surface area contributed by atoms with Gasteiger partial charge in [-0.25, -0.2) is 4.98 Å². The van der Waals surface area contributed by atoms with Crippen molar-refractivity contribution in [3.63, 3.8) is 0 Å². The molecule has 0 aromatic carbocycles. The first-order chi connectivity index (χ1) is 9.22. The van der Waals surface area contributed by atoms with E-state index in [-0.39, 0.29) is 0 Å². The number of anilines is 1. The molecule has 4 nitrogen and oxygen atoms in total. The van der Waals surface area contributed by atoms with Crippen molar-refractivity contribution >= 4 is 17.6 Å². The van der Waals surface area contributed by atoms with Gasteiger partial charge >= 0.3 is 0 Å². The first kappa shape index (κ1) is 14.4. The van der Waals surface area contributed by atoms with E-state index in [1.54, 1.807) is 0 Å². The quantitative estimate of drug-likeness (QED) is 0.867. The van der Waals surface area contributed by atoms with Crippen molar-refractivity contribution in [1.29, 1.82) is 0 Å². The Bertz CT molecular complexity index is 414. The van der Waals surface area contributed by atoms with E-state index in [0.717, 1.165) is 11.6 Å². The lowest BCUT2D eigenvalue weighted by molar-refractivity contribution is 0.325. The Morgan fingerprint density at radius 3 is 2.95 bits per heavy atom. The highest BCUT2D eigenvalue weighted by Crippen LogP contribution is 2.32. The van der Waals surface area contributed by atoms with Crippen LogP contribution in [0.2, 0.25) is 0 Å². The van der Waals surface area contributed by atoms with Crippen LogP contribution in [0.15, 0.2) is 6.07 Å². The van der Waals surface area contributed by atoms with Crippen LogP contribution >= 0.6 is 11.8 Å². The molecule has 5 heteroatoms. The molecule has 0 amide bonds. The Labute approximate surface area is 119 Å². The van der Waals surface area contributed by atoms with Gasteiger partial charge in [-0.2, -0.15) is 16.7 Å². The molecule has 1 aromatic heterocycles. The minimum absolute atomic E-state index is 0.522. The highest BCUT2D eigenvalue weighted by atomic mass is 32.2. The molecule has 2 atom stereocenters. The first-order valence-corrected chi connectivity index (χ1v) is 8.14. The molecule has 2 unspecified atom stereocenters. The van der Waals surface area contributed by atoms with Crippen LogP contribution in [0, 0.1) is 6.92 Å². The fourth-order valence-electron chi connectivity index (χ4n) is 2.53. The molecular formula is C14H23N3OS. The van der Waals surface area contributed by atoms with E-state index in [0.29, 0.717) is 23.8 Å². The van der Waals surface area contributed by atoms with E-state index in [2.05, 4.69) is 22.2 Å². The maximum absolute atomic E-state index is 5.47. The molecular weight excluding hydrogens is 258 g/mol. The largest absolute Gasteiger partial charge is 0.478 e. The van der Waals surface area contributed by atoms with Gasteiger partial charge in [-0.05, 0) is 32.4 Å². The van der Waals surface area contributed by atoms with Crippen molar-refractivity contribution in [3.8, 4) is 5.88 Å². The lowest BCUT2D eigenvalue weighted by Crippen LogP contribution is -2.26. The molecule has 0 saturated heterocycles. The zero-order chi connectivity index (χ0) is 13.7. The monoisotopic (exact) mass is 281 g/mol. The van der Waals surface area contributed by atoms with Gasteiger partial charge in [-0.15, -0.1) is 0 Å².